The maximum atomic E-state index is 11.4. The molecule has 0 aromatic carbocycles. The summed E-state index contributed by atoms with van der Waals surface area (Å²) in [5.41, 5.74) is -1.45. The molecule has 0 bridgehead atoms. The van der Waals surface area contributed by atoms with Gasteiger partial charge in [-0.05, 0) is 13.0 Å². The second-order valence-electron chi connectivity index (χ2n) is 2.88. The zero-order chi connectivity index (χ0) is 13.2. The summed E-state index contributed by atoms with van der Waals surface area (Å²) in [5, 5.41) is -1.34. The first-order valence-corrected chi connectivity index (χ1v) is 6.16. The molecule has 1 aromatic heterocycles. The number of rotatable bonds is 3. The van der Waals surface area contributed by atoms with E-state index in [-0.39, 0.29) is 6.61 Å². The summed E-state index contributed by atoms with van der Waals surface area (Å²) < 4.78 is 34.9. The molecule has 0 radical (unpaired) electrons. The Bertz CT molecular complexity index is 605. The molecule has 0 fully saturated rings. The van der Waals surface area contributed by atoms with Crippen LogP contribution in [0.1, 0.15) is 17.3 Å². The first-order valence-electron chi connectivity index (χ1n) is 4.34. The van der Waals surface area contributed by atoms with Crippen LogP contribution in [0.3, 0.4) is 0 Å². The Hall–Kier alpha value is -1.38. The van der Waals surface area contributed by atoms with Crippen LogP contribution < -0.4 is 5.56 Å². The molecule has 0 aliphatic heterocycles. The van der Waals surface area contributed by atoms with Gasteiger partial charge in [0.25, 0.3) is 5.56 Å². The van der Waals surface area contributed by atoms with Gasteiger partial charge < -0.3 is 9.72 Å². The highest BCUT2D eigenvalue weighted by atomic mass is 35.5. The van der Waals surface area contributed by atoms with E-state index in [1.807, 2.05) is 0 Å². The number of ether oxygens (including phenoxy) is 1. The average molecular weight is 282 g/mol. The fourth-order valence-corrected chi connectivity index (χ4v) is 2.01. The highest BCUT2D eigenvalue weighted by Crippen LogP contribution is 2.17. The molecule has 0 aliphatic rings. The highest BCUT2D eigenvalue weighted by molar-refractivity contribution is 7.85. The van der Waals surface area contributed by atoms with E-state index in [2.05, 4.69) is 4.74 Å². The van der Waals surface area contributed by atoms with Crippen molar-refractivity contribution in [2.75, 3.05) is 6.61 Å². The van der Waals surface area contributed by atoms with Crippen LogP contribution >= 0.6 is 11.6 Å². The monoisotopic (exact) mass is 281 g/mol. The van der Waals surface area contributed by atoms with Crippen molar-refractivity contribution in [3.05, 3.63) is 27.0 Å². The minimum atomic E-state index is -4.65. The highest BCUT2D eigenvalue weighted by Gasteiger charge is 2.21. The Balaban J connectivity index is 3.39. The minimum absolute atomic E-state index is 0.0515. The zero-order valence-electron chi connectivity index (χ0n) is 8.56. The second kappa shape index (κ2) is 4.86. The first-order chi connectivity index (χ1) is 7.77. The average Bonchev–Trinajstić information content (AvgIpc) is 2.19. The van der Waals surface area contributed by atoms with Crippen molar-refractivity contribution in [3.63, 3.8) is 0 Å². The third kappa shape index (κ3) is 3.05. The van der Waals surface area contributed by atoms with Crippen LogP contribution in [0.5, 0.6) is 0 Å². The van der Waals surface area contributed by atoms with Gasteiger partial charge in [0.15, 0.2) is 5.03 Å². The fourth-order valence-electron chi connectivity index (χ4n) is 1.04. The quantitative estimate of drug-likeness (QED) is 0.614. The van der Waals surface area contributed by atoms with Crippen molar-refractivity contribution in [3.8, 4) is 0 Å². The molecule has 17 heavy (non-hydrogen) atoms. The largest absolute Gasteiger partial charge is 0.462 e. The van der Waals surface area contributed by atoms with E-state index in [0.29, 0.717) is 0 Å². The van der Waals surface area contributed by atoms with Gasteiger partial charge in [0.2, 0.25) is 0 Å². The topological polar surface area (TPSA) is 114 Å². The first kappa shape index (κ1) is 13.7. The van der Waals surface area contributed by atoms with Gasteiger partial charge in [-0.1, -0.05) is 11.6 Å². The van der Waals surface area contributed by atoms with Crippen molar-refractivity contribution < 1.29 is 22.5 Å². The predicted molar refractivity (Wildman–Crippen MR) is 57.8 cm³/mol. The smallest absolute Gasteiger partial charge is 0.343 e. The van der Waals surface area contributed by atoms with E-state index < -0.39 is 37.3 Å². The molecule has 1 aromatic rings. The van der Waals surface area contributed by atoms with Gasteiger partial charge in [0, 0.05) is 0 Å². The Morgan fingerprint density at radius 2 is 2.18 bits per heavy atom. The molecule has 1 heterocycles. The van der Waals surface area contributed by atoms with Crippen LogP contribution in [0.15, 0.2) is 15.9 Å². The van der Waals surface area contributed by atoms with Gasteiger partial charge in [0.1, 0.15) is 5.56 Å². The molecule has 2 N–H and O–H groups in total. The Labute approximate surface area is 101 Å². The molecule has 0 amide bonds. The van der Waals surface area contributed by atoms with Gasteiger partial charge in [-0.25, -0.2) is 4.79 Å². The summed E-state index contributed by atoms with van der Waals surface area (Å²) in [6, 6.07) is 0.821. The summed E-state index contributed by atoms with van der Waals surface area (Å²) in [5.74, 6) is -0.933. The Morgan fingerprint density at radius 1 is 1.59 bits per heavy atom. The molecular weight excluding hydrogens is 274 g/mol. The SMILES string of the molecule is CCOC(=O)c1cc(Cl)c(S(=O)(=O)O)[nH]c1=O. The predicted octanol–water partition coefficient (Wildman–Crippen LogP) is 0.452. The van der Waals surface area contributed by atoms with E-state index >= 15 is 0 Å². The number of aromatic nitrogens is 1. The maximum Gasteiger partial charge on any atom is 0.343 e. The molecule has 0 aliphatic carbocycles. The molecule has 94 valence electrons. The summed E-state index contributed by atoms with van der Waals surface area (Å²) in [6.45, 7) is 1.59. The van der Waals surface area contributed by atoms with Crippen molar-refractivity contribution in [1.29, 1.82) is 0 Å². The van der Waals surface area contributed by atoms with Gasteiger partial charge in [0.05, 0.1) is 11.6 Å². The van der Waals surface area contributed by atoms with Crippen molar-refractivity contribution in [2.24, 2.45) is 0 Å². The van der Waals surface area contributed by atoms with E-state index in [1.54, 1.807) is 11.9 Å². The lowest BCUT2D eigenvalue weighted by Gasteiger charge is -2.04. The molecule has 1 rings (SSSR count). The number of pyridine rings is 1. The number of halogens is 1. The summed E-state index contributed by atoms with van der Waals surface area (Å²) in [6.07, 6.45) is 0. The molecule has 0 unspecified atom stereocenters. The summed E-state index contributed by atoms with van der Waals surface area (Å²) in [7, 11) is -4.65. The number of hydrogen-bond donors (Lipinski definition) is 2. The molecule has 0 spiro atoms. The normalized spacial score (nSPS) is 11.2. The number of carbonyl (C=O) groups is 1. The van der Waals surface area contributed by atoms with Crippen LogP contribution in [0.25, 0.3) is 0 Å². The van der Waals surface area contributed by atoms with Crippen LogP contribution in [0.4, 0.5) is 0 Å². The number of hydrogen-bond acceptors (Lipinski definition) is 5. The molecule has 0 saturated heterocycles. The molecule has 0 saturated carbocycles. The van der Waals surface area contributed by atoms with E-state index in [9.17, 15) is 18.0 Å². The number of carbonyl (C=O) groups excluding carboxylic acids is 1. The summed E-state index contributed by atoms with van der Waals surface area (Å²) >= 11 is 5.51. The summed E-state index contributed by atoms with van der Waals surface area (Å²) in [4.78, 5) is 24.4. The number of H-pyrrole nitrogens is 1. The van der Waals surface area contributed by atoms with E-state index in [4.69, 9.17) is 16.2 Å². The Morgan fingerprint density at radius 3 is 2.65 bits per heavy atom. The third-order valence-electron chi connectivity index (χ3n) is 1.71. The van der Waals surface area contributed by atoms with Crippen molar-refractivity contribution in [2.45, 2.75) is 11.9 Å². The molecular formula is C8H8ClNO6S. The van der Waals surface area contributed by atoms with Gasteiger partial charge in [-0.2, -0.15) is 8.42 Å². The van der Waals surface area contributed by atoms with Gasteiger partial charge >= 0.3 is 16.1 Å². The third-order valence-corrected chi connectivity index (χ3v) is 2.96. The maximum absolute atomic E-state index is 11.4. The fraction of sp³-hybridized carbons (Fsp3) is 0.250. The van der Waals surface area contributed by atoms with Crippen molar-refractivity contribution in [1.82, 2.24) is 4.98 Å². The second-order valence-corrected chi connectivity index (χ2v) is 4.65. The van der Waals surface area contributed by atoms with Gasteiger partial charge in [-0.15, -0.1) is 0 Å². The van der Waals surface area contributed by atoms with Crippen molar-refractivity contribution >= 4 is 27.7 Å². The molecule has 7 nitrogen and oxygen atoms in total. The van der Waals surface area contributed by atoms with E-state index in [1.165, 1.54) is 0 Å². The minimum Gasteiger partial charge on any atom is -0.462 e. The van der Waals surface area contributed by atoms with Crippen LogP contribution in [-0.4, -0.2) is 30.5 Å². The van der Waals surface area contributed by atoms with Gasteiger partial charge in [-0.3, -0.25) is 9.35 Å². The van der Waals surface area contributed by atoms with Crippen LogP contribution in [-0.2, 0) is 14.9 Å². The van der Waals surface area contributed by atoms with Crippen LogP contribution in [0.2, 0.25) is 5.02 Å². The molecule has 9 heteroatoms. The van der Waals surface area contributed by atoms with Crippen LogP contribution in [0, 0.1) is 0 Å². The molecule has 0 atom stereocenters. The lowest BCUT2D eigenvalue weighted by atomic mass is 10.3. The zero-order valence-corrected chi connectivity index (χ0v) is 10.1. The lowest BCUT2D eigenvalue weighted by molar-refractivity contribution is 0.0524. The standard InChI is InChI=1S/C8H8ClNO6S/c1-2-16-8(12)4-3-5(9)7(10-6(4)11)17(13,14)15/h3H,2H2,1H3,(H,10,11)(H,13,14,15). The Kier molecular flexibility index (Phi) is 3.91. The number of nitrogens with one attached hydrogen (secondary N) is 1. The number of esters is 1. The van der Waals surface area contributed by atoms with E-state index in [0.717, 1.165) is 6.07 Å². The lowest BCUT2D eigenvalue weighted by Crippen LogP contribution is -2.22. The number of aromatic amines is 1.